The molecule has 0 aliphatic carbocycles. The maximum atomic E-state index is 15.6. The van der Waals surface area contributed by atoms with Gasteiger partial charge in [-0.2, -0.15) is 0 Å². The van der Waals surface area contributed by atoms with Crippen molar-refractivity contribution in [3.05, 3.63) is 157 Å². The minimum atomic E-state index is -1.16. The Hall–Kier alpha value is -9.21. The van der Waals surface area contributed by atoms with Crippen LogP contribution in [0.15, 0.2) is 90.1 Å². The Morgan fingerprint density at radius 2 is 1.42 bits per heavy atom. The molecule has 92 heavy (non-hydrogen) atoms. The van der Waals surface area contributed by atoms with Gasteiger partial charge < -0.3 is 59.7 Å². The molecule has 0 saturated carbocycles. The summed E-state index contributed by atoms with van der Waals surface area (Å²) >= 11 is 6.71. The van der Waals surface area contributed by atoms with E-state index in [1.165, 1.54) is 36.7 Å². The summed E-state index contributed by atoms with van der Waals surface area (Å²) in [7, 11) is 0. The first kappa shape index (κ1) is 67.2. The van der Waals surface area contributed by atoms with Crippen LogP contribution in [0.1, 0.15) is 57.8 Å². The van der Waals surface area contributed by atoms with Gasteiger partial charge in [-0.1, -0.05) is 41.1 Å². The number of rotatable bonds is 34. The first-order valence-electron chi connectivity index (χ1n) is 29.8. The van der Waals surface area contributed by atoms with E-state index < -0.39 is 35.6 Å². The average Bonchev–Trinajstić information content (AvgIpc) is 0.828. The van der Waals surface area contributed by atoms with Gasteiger partial charge in [-0.05, 0) is 92.6 Å². The first-order valence-corrected chi connectivity index (χ1v) is 30.2. The second-order valence-electron chi connectivity index (χ2n) is 21.4. The average molecular weight is 1290 g/mol. The third-order valence-electron chi connectivity index (χ3n) is 14.9. The number of H-pyrrole nitrogens is 1. The quantitative estimate of drug-likeness (QED) is 0.0212. The molecule has 26 nitrogen and oxygen atoms in total. The van der Waals surface area contributed by atoms with E-state index in [0.29, 0.717) is 150 Å². The Balaban J connectivity index is 0.556. The standard InChI is InChI=1S/C63H70ClF2N15O11/c1-39(47-33-45(68-3)11-13-49(47)65)72-58-55(64)40(2)71-53-34-50(66)56(75-57(53)58)44-35-69-63(70-36-44)80-18-16-79(17-19-80)54(82)38-92-31-30-91-29-28-90-27-26-89-25-24-88-23-22-87-21-20-81-37-46(77-78-81)12-15-52(61(85)86)73-59(83)43-9-6-41(7-10-43)4-5-42-8-14-51-48(32-42)60(84)76-62(67)74-51/h6-11,13-14,32-37,39,52H,4-5,12,15-31,38H2,1-2H3,(H,71,72)(H,73,83)(H,85,86)(H3,67,74,76,84)/t39-,52+/m1/s1. The molecular weight excluding hydrogens is 1220 g/mol. The van der Waals surface area contributed by atoms with Crippen molar-refractivity contribution in [1.29, 1.82) is 0 Å². The normalized spacial score (nSPS) is 13.1. The van der Waals surface area contributed by atoms with Crippen molar-refractivity contribution >= 4 is 74.6 Å². The summed E-state index contributed by atoms with van der Waals surface area (Å²) in [6, 6.07) is 16.0. The highest BCUT2D eigenvalue weighted by Crippen LogP contribution is 2.37. The molecule has 0 radical (unpaired) electrons. The number of carboxylic acid groups (broad SMARTS) is 1. The van der Waals surface area contributed by atoms with Crippen LogP contribution in [0.2, 0.25) is 5.02 Å². The highest BCUT2D eigenvalue weighted by atomic mass is 35.5. The number of nitrogens with two attached hydrogens (primary N) is 1. The minimum absolute atomic E-state index is 0.0333. The van der Waals surface area contributed by atoms with Crippen LogP contribution in [0.3, 0.4) is 0 Å². The zero-order chi connectivity index (χ0) is 64.9. The van der Waals surface area contributed by atoms with Crippen molar-refractivity contribution in [3.8, 4) is 11.3 Å². The van der Waals surface area contributed by atoms with Crippen LogP contribution >= 0.6 is 11.6 Å². The number of aliphatic carboxylic acids is 1. The molecule has 6 heterocycles. The number of carbonyl (C=O) groups excluding carboxylic acids is 2. The van der Waals surface area contributed by atoms with E-state index in [2.05, 4.69) is 55.7 Å². The van der Waals surface area contributed by atoms with Crippen LogP contribution in [0.4, 0.5) is 32.1 Å². The van der Waals surface area contributed by atoms with Crippen molar-refractivity contribution in [2.45, 2.75) is 58.2 Å². The molecule has 1 saturated heterocycles. The SMILES string of the molecule is [C-]#[N+]c1ccc(F)c([C@@H](C)Nc2c(Cl)c(C)nc3cc(F)c(-c4cnc(N5CCN(C(=O)COCCOCCOCCOCCOCCOCCn6cc(CC[C@H](NC(=O)c7ccc(CCc8ccc9nc(N)[nH]c(=O)c9c8)cc7)C(=O)O)nn6)CC5)nc4)nc23)c1. The number of ether oxygens (including phenoxy) is 6. The van der Waals surface area contributed by atoms with Crippen molar-refractivity contribution in [2.75, 3.05) is 121 Å². The third-order valence-corrected chi connectivity index (χ3v) is 15.4. The van der Waals surface area contributed by atoms with Gasteiger partial charge in [0.25, 0.3) is 11.5 Å². The number of nitrogens with zero attached hydrogens (tertiary/aromatic N) is 11. The summed E-state index contributed by atoms with van der Waals surface area (Å²) < 4.78 is 65.6. The van der Waals surface area contributed by atoms with Gasteiger partial charge in [-0.3, -0.25) is 19.4 Å². The van der Waals surface area contributed by atoms with Crippen LogP contribution in [0.5, 0.6) is 0 Å². The molecule has 29 heteroatoms. The number of halogens is 3. The van der Waals surface area contributed by atoms with Crippen molar-refractivity contribution in [3.63, 3.8) is 0 Å². The molecule has 0 spiro atoms. The highest BCUT2D eigenvalue weighted by molar-refractivity contribution is 6.35. The number of carbonyl (C=O) groups is 3. The number of fused-ring (bicyclic) bond motifs is 2. The summed E-state index contributed by atoms with van der Waals surface area (Å²) in [5.74, 6) is -2.50. The number of hydrogen-bond acceptors (Lipinski definition) is 20. The molecule has 1 aliphatic heterocycles. The first-order chi connectivity index (χ1) is 44.6. The van der Waals surface area contributed by atoms with Crippen LogP contribution in [0, 0.1) is 25.1 Å². The lowest BCUT2D eigenvalue weighted by Crippen LogP contribution is -2.50. The Bertz CT molecular complexity index is 3930. The minimum Gasteiger partial charge on any atom is -0.480 e. The van der Waals surface area contributed by atoms with Gasteiger partial charge in [0, 0.05) is 62.0 Å². The zero-order valence-corrected chi connectivity index (χ0v) is 51.5. The number of pyridine rings is 2. The maximum Gasteiger partial charge on any atom is 0.326 e. The number of aromatic amines is 1. The number of nitrogen functional groups attached to an aromatic ring is 1. The number of nitrogens with one attached hydrogen (secondary N) is 3. The van der Waals surface area contributed by atoms with E-state index in [4.69, 9.17) is 52.3 Å². The Kier molecular flexibility index (Phi) is 24.3. The highest BCUT2D eigenvalue weighted by Gasteiger charge is 2.26. The lowest BCUT2D eigenvalue weighted by Gasteiger charge is -2.34. The van der Waals surface area contributed by atoms with Crippen LogP contribution in [-0.2, 0) is 63.8 Å². The van der Waals surface area contributed by atoms with Gasteiger partial charge in [0.15, 0.2) is 11.5 Å². The molecular formula is C63H70ClF2N15O11. The van der Waals surface area contributed by atoms with Crippen molar-refractivity contribution < 1.29 is 56.7 Å². The number of aromatic nitrogens is 9. The van der Waals surface area contributed by atoms with E-state index in [0.717, 1.165) is 11.1 Å². The maximum absolute atomic E-state index is 15.6. The topological polar surface area (TPSA) is 316 Å². The molecule has 3 aromatic carbocycles. The van der Waals surface area contributed by atoms with Crippen molar-refractivity contribution in [2.24, 2.45) is 0 Å². The van der Waals surface area contributed by atoms with E-state index in [1.54, 1.807) is 53.9 Å². The third kappa shape index (κ3) is 18.7. The number of anilines is 3. The van der Waals surface area contributed by atoms with Gasteiger partial charge in [0.1, 0.15) is 29.7 Å². The number of amides is 2. The second kappa shape index (κ2) is 33.2. The molecule has 0 unspecified atom stereocenters. The number of carboxylic acids is 1. The summed E-state index contributed by atoms with van der Waals surface area (Å²) in [4.78, 5) is 82.0. The van der Waals surface area contributed by atoms with E-state index in [9.17, 15) is 28.7 Å². The molecule has 5 aromatic heterocycles. The molecule has 9 rings (SSSR count). The van der Waals surface area contributed by atoms with Gasteiger partial charge in [-0.15, -0.1) is 5.10 Å². The predicted molar refractivity (Wildman–Crippen MR) is 337 cm³/mol. The molecule has 2 atom stereocenters. The molecule has 1 fully saturated rings. The largest absolute Gasteiger partial charge is 0.480 e. The number of piperazine rings is 1. The van der Waals surface area contributed by atoms with Gasteiger partial charge in [0.2, 0.25) is 17.8 Å². The monoisotopic (exact) mass is 1290 g/mol. The summed E-state index contributed by atoms with van der Waals surface area (Å²) in [5, 5.41) is 24.6. The van der Waals surface area contributed by atoms with Crippen molar-refractivity contribution in [1.82, 2.24) is 55.1 Å². The van der Waals surface area contributed by atoms with E-state index in [-0.39, 0.29) is 83.1 Å². The van der Waals surface area contributed by atoms with Gasteiger partial charge in [0.05, 0.1) is 130 Å². The Morgan fingerprint density at radius 1 is 0.783 bits per heavy atom. The van der Waals surface area contributed by atoms with Gasteiger partial charge >= 0.3 is 5.97 Å². The lowest BCUT2D eigenvalue weighted by molar-refractivity contribution is -0.139. The summed E-state index contributed by atoms with van der Waals surface area (Å²) in [5.41, 5.74) is 10.7. The number of aryl methyl sites for hydroxylation is 4. The smallest absolute Gasteiger partial charge is 0.326 e. The molecule has 6 N–H and O–H groups in total. The predicted octanol–water partition coefficient (Wildman–Crippen LogP) is 6.51. The second-order valence-corrected chi connectivity index (χ2v) is 21.8. The Morgan fingerprint density at radius 3 is 2.09 bits per heavy atom. The van der Waals surface area contributed by atoms with E-state index >= 15 is 4.39 Å². The molecule has 484 valence electrons. The molecule has 1 aliphatic rings. The molecule has 2 amide bonds. The number of hydrogen-bond donors (Lipinski definition) is 5. The van der Waals surface area contributed by atoms with Crippen LogP contribution in [-0.4, -0.2) is 184 Å². The fourth-order valence-corrected chi connectivity index (χ4v) is 10.1. The molecule has 8 aromatic rings. The summed E-state index contributed by atoms with van der Waals surface area (Å²) in [6.07, 6.45) is 6.36. The van der Waals surface area contributed by atoms with Crippen LogP contribution in [0.25, 0.3) is 38.0 Å². The zero-order valence-electron chi connectivity index (χ0n) is 50.7. The molecule has 0 bridgehead atoms. The fourth-order valence-electron chi connectivity index (χ4n) is 9.92. The fraction of sp³-hybridized carbons (Fsp3) is 0.397. The van der Waals surface area contributed by atoms with Crippen LogP contribution < -0.4 is 26.8 Å². The van der Waals surface area contributed by atoms with E-state index in [1.807, 2.05) is 23.1 Å². The number of benzene rings is 3. The lowest BCUT2D eigenvalue weighted by atomic mass is 10.0. The Labute approximate surface area is 532 Å². The van der Waals surface area contributed by atoms with Gasteiger partial charge in [-0.25, -0.2) is 48.0 Å². The summed E-state index contributed by atoms with van der Waals surface area (Å²) in [6.45, 7) is 16.7.